The molecule has 0 radical (unpaired) electrons. The highest BCUT2D eigenvalue weighted by atomic mass is 16.5. The fourth-order valence-electron chi connectivity index (χ4n) is 3.02. The van der Waals surface area contributed by atoms with E-state index in [1.54, 1.807) is 19.2 Å². The Bertz CT molecular complexity index is 1050. The number of amides is 1. The summed E-state index contributed by atoms with van der Waals surface area (Å²) < 4.78 is 21.7. The Labute approximate surface area is 181 Å². The van der Waals surface area contributed by atoms with Crippen LogP contribution >= 0.6 is 0 Å². The van der Waals surface area contributed by atoms with E-state index < -0.39 is 5.91 Å². The van der Waals surface area contributed by atoms with Crippen LogP contribution in [-0.2, 0) is 4.79 Å². The summed E-state index contributed by atoms with van der Waals surface area (Å²) in [5.74, 6) is 1.66. The maximum absolute atomic E-state index is 12.2. The van der Waals surface area contributed by atoms with Crippen molar-refractivity contribution in [2.45, 2.75) is 0 Å². The first kappa shape index (κ1) is 21.7. The lowest BCUT2D eigenvalue weighted by molar-refractivity contribution is -0.123. The van der Waals surface area contributed by atoms with E-state index >= 15 is 0 Å². The van der Waals surface area contributed by atoms with Crippen molar-refractivity contribution in [1.82, 2.24) is 5.43 Å². The van der Waals surface area contributed by atoms with E-state index in [0.717, 1.165) is 11.1 Å². The molecular weight excluding hydrogens is 396 g/mol. The molecule has 160 valence electrons. The van der Waals surface area contributed by atoms with Gasteiger partial charge in [-0.2, -0.15) is 5.10 Å². The molecule has 0 saturated carbocycles. The number of para-hydroxylation sites is 1. The van der Waals surface area contributed by atoms with Gasteiger partial charge in [0.2, 0.25) is 5.75 Å². The highest BCUT2D eigenvalue weighted by Gasteiger charge is 2.14. The molecule has 3 aromatic rings. The number of carbonyl (C=O) groups is 1. The number of rotatable bonds is 9. The predicted molar refractivity (Wildman–Crippen MR) is 119 cm³/mol. The summed E-state index contributed by atoms with van der Waals surface area (Å²) >= 11 is 0. The van der Waals surface area contributed by atoms with Crippen LogP contribution < -0.4 is 24.4 Å². The van der Waals surface area contributed by atoms with Gasteiger partial charge in [-0.3, -0.25) is 4.79 Å². The number of carbonyl (C=O) groups excluding carboxylic acids is 1. The van der Waals surface area contributed by atoms with Gasteiger partial charge in [0.05, 0.1) is 27.5 Å². The monoisotopic (exact) mass is 420 g/mol. The zero-order chi connectivity index (χ0) is 22.1. The normalized spacial score (nSPS) is 10.5. The topological polar surface area (TPSA) is 78.4 Å². The van der Waals surface area contributed by atoms with Crippen LogP contribution in [0.3, 0.4) is 0 Å². The van der Waals surface area contributed by atoms with Crippen molar-refractivity contribution in [2.75, 3.05) is 27.9 Å². The zero-order valence-electron chi connectivity index (χ0n) is 17.6. The lowest BCUT2D eigenvalue weighted by Crippen LogP contribution is -2.24. The van der Waals surface area contributed by atoms with E-state index in [0.29, 0.717) is 28.6 Å². The number of nitrogens with one attached hydrogen (secondary N) is 1. The van der Waals surface area contributed by atoms with Crippen molar-refractivity contribution in [3.8, 4) is 34.1 Å². The summed E-state index contributed by atoms with van der Waals surface area (Å²) in [6.07, 6.45) is 1.47. The van der Waals surface area contributed by atoms with E-state index in [9.17, 15) is 4.79 Å². The SMILES string of the molecule is COc1ccc(/C=N\NC(=O)COc2ccccc2-c2ccccc2)c(OC)c1OC. The molecule has 0 aliphatic heterocycles. The minimum Gasteiger partial charge on any atom is -0.493 e. The van der Waals surface area contributed by atoms with Crippen molar-refractivity contribution in [2.24, 2.45) is 5.10 Å². The van der Waals surface area contributed by atoms with Crippen LogP contribution in [0.5, 0.6) is 23.0 Å². The van der Waals surface area contributed by atoms with E-state index in [2.05, 4.69) is 10.5 Å². The quantitative estimate of drug-likeness (QED) is 0.420. The third-order valence-corrected chi connectivity index (χ3v) is 4.46. The van der Waals surface area contributed by atoms with Gasteiger partial charge in [-0.1, -0.05) is 48.5 Å². The second-order valence-electron chi connectivity index (χ2n) is 6.37. The van der Waals surface area contributed by atoms with Gasteiger partial charge in [0.15, 0.2) is 18.1 Å². The van der Waals surface area contributed by atoms with E-state index in [4.69, 9.17) is 18.9 Å². The number of ether oxygens (including phenoxy) is 4. The van der Waals surface area contributed by atoms with Gasteiger partial charge in [0.25, 0.3) is 5.91 Å². The lowest BCUT2D eigenvalue weighted by Gasteiger charge is -2.13. The summed E-state index contributed by atoms with van der Waals surface area (Å²) in [5, 5.41) is 3.99. The molecule has 0 saturated heterocycles. The highest BCUT2D eigenvalue weighted by molar-refractivity contribution is 5.87. The molecule has 0 bridgehead atoms. The Hall–Kier alpha value is -4.00. The smallest absolute Gasteiger partial charge is 0.277 e. The van der Waals surface area contributed by atoms with Gasteiger partial charge in [0.1, 0.15) is 5.75 Å². The lowest BCUT2D eigenvalue weighted by atomic mass is 10.1. The second kappa shape index (κ2) is 10.7. The number of hydrogen-bond acceptors (Lipinski definition) is 6. The molecule has 3 aromatic carbocycles. The van der Waals surface area contributed by atoms with Gasteiger partial charge >= 0.3 is 0 Å². The van der Waals surface area contributed by atoms with Gasteiger partial charge in [-0.15, -0.1) is 0 Å². The maximum Gasteiger partial charge on any atom is 0.277 e. The summed E-state index contributed by atoms with van der Waals surface area (Å²) in [5.41, 5.74) is 5.00. The van der Waals surface area contributed by atoms with E-state index in [1.807, 2.05) is 54.6 Å². The molecule has 1 amide bonds. The summed E-state index contributed by atoms with van der Waals surface area (Å²) in [6.45, 7) is -0.176. The molecular formula is C24H24N2O5. The first-order valence-electron chi connectivity index (χ1n) is 9.56. The fraction of sp³-hybridized carbons (Fsp3) is 0.167. The molecule has 3 rings (SSSR count). The first-order valence-corrected chi connectivity index (χ1v) is 9.56. The summed E-state index contributed by atoms with van der Waals surface area (Å²) in [6, 6.07) is 20.9. The van der Waals surface area contributed by atoms with Crippen molar-refractivity contribution >= 4 is 12.1 Å². The van der Waals surface area contributed by atoms with Crippen molar-refractivity contribution in [3.05, 3.63) is 72.3 Å². The molecule has 0 aliphatic rings. The van der Waals surface area contributed by atoms with Crippen LogP contribution in [0.25, 0.3) is 11.1 Å². The number of hydrogen-bond donors (Lipinski definition) is 1. The van der Waals surface area contributed by atoms with Crippen LogP contribution in [0.2, 0.25) is 0 Å². The van der Waals surface area contributed by atoms with Crippen molar-refractivity contribution in [3.63, 3.8) is 0 Å². The van der Waals surface area contributed by atoms with Gasteiger partial charge < -0.3 is 18.9 Å². The predicted octanol–water partition coefficient (Wildman–Crippen LogP) is 3.91. The molecule has 1 N–H and O–H groups in total. The number of benzene rings is 3. The van der Waals surface area contributed by atoms with E-state index in [-0.39, 0.29) is 6.61 Å². The third-order valence-electron chi connectivity index (χ3n) is 4.46. The van der Waals surface area contributed by atoms with Gasteiger partial charge in [0, 0.05) is 11.1 Å². The fourth-order valence-corrected chi connectivity index (χ4v) is 3.02. The van der Waals surface area contributed by atoms with Crippen LogP contribution in [0.15, 0.2) is 71.8 Å². The van der Waals surface area contributed by atoms with E-state index in [1.165, 1.54) is 20.4 Å². The van der Waals surface area contributed by atoms with Crippen LogP contribution in [0.1, 0.15) is 5.56 Å². The Morgan fingerprint density at radius 2 is 1.55 bits per heavy atom. The third kappa shape index (κ3) is 5.33. The Morgan fingerprint density at radius 1 is 0.839 bits per heavy atom. The number of hydrazone groups is 1. The first-order chi connectivity index (χ1) is 15.2. The zero-order valence-corrected chi connectivity index (χ0v) is 17.6. The van der Waals surface area contributed by atoms with Crippen molar-refractivity contribution in [1.29, 1.82) is 0 Å². The average Bonchev–Trinajstić information content (AvgIpc) is 2.82. The molecule has 0 unspecified atom stereocenters. The molecule has 7 nitrogen and oxygen atoms in total. The molecule has 7 heteroatoms. The highest BCUT2D eigenvalue weighted by Crippen LogP contribution is 2.39. The largest absolute Gasteiger partial charge is 0.493 e. The molecule has 0 aliphatic carbocycles. The standard InChI is InChI=1S/C24H24N2O5/c1-28-21-14-13-18(23(29-2)24(21)30-3)15-25-26-22(27)16-31-20-12-8-7-11-19(20)17-9-5-4-6-10-17/h4-15H,16H2,1-3H3,(H,26,27)/b25-15-. The van der Waals surface area contributed by atoms with Crippen LogP contribution in [-0.4, -0.2) is 40.1 Å². The minimum absolute atomic E-state index is 0.176. The number of nitrogens with zero attached hydrogens (tertiary/aromatic N) is 1. The van der Waals surface area contributed by atoms with Crippen molar-refractivity contribution < 1.29 is 23.7 Å². The molecule has 31 heavy (non-hydrogen) atoms. The minimum atomic E-state index is -0.390. The maximum atomic E-state index is 12.2. The molecule has 0 aromatic heterocycles. The molecule has 0 spiro atoms. The second-order valence-corrected chi connectivity index (χ2v) is 6.37. The Balaban J connectivity index is 1.64. The molecule has 0 heterocycles. The van der Waals surface area contributed by atoms with Gasteiger partial charge in [-0.05, 0) is 23.8 Å². The van der Waals surface area contributed by atoms with Crippen LogP contribution in [0, 0.1) is 0 Å². The van der Waals surface area contributed by atoms with Gasteiger partial charge in [-0.25, -0.2) is 5.43 Å². The number of methoxy groups -OCH3 is 3. The van der Waals surface area contributed by atoms with Crippen LogP contribution in [0.4, 0.5) is 0 Å². The summed E-state index contributed by atoms with van der Waals surface area (Å²) in [7, 11) is 4.58. The average molecular weight is 420 g/mol. The Kier molecular flexibility index (Phi) is 7.48. The summed E-state index contributed by atoms with van der Waals surface area (Å²) in [4.78, 5) is 12.2. The molecule has 0 atom stereocenters. The molecule has 0 fully saturated rings. The Morgan fingerprint density at radius 3 is 2.26 bits per heavy atom.